The first-order valence-corrected chi connectivity index (χ1v) is 7.67. The number of nitrogens with one attached hydrogen (secondary N) is 1. The summed E-state index contributed by atoms with van der Waals surface area (Å²) in [7, 11) is 0. The Kier molecular flexibility index (Phi) is 5.16. The van der Waals surface area contributed by atoms with Crippen LogP contribution in [0.4, 0.5) is 5.69 Å². The average Bonchev–Trinajstić information content (AvgIpc) is 2.63. The molecule has 0 aliphatic heterocycles. The van der Waals surface area contributed by atoms with E-state index in [1.807, 2.05) is 0 Å². The number of halogens is 1. The van der Waals surface area contributed by atoms with Crippen molar-refractivity contribution in [2.45, 2.75) is 38.1 Å². The summed E-state index contributed by atoms with van der Waals surface area (Å²) in [6, 6.07) is 7.22. The van der Waals surface area contributed by atoms with Gasteiger partial charge in [0.2, 0.25) is 5.91 Å². The molecule has 0 bridgehead atoms. The molecule has 20 heavy (non-hydrogen) atoms. The minimum absolute atomic E-state index is 0.0750. The maximum atomic E-state index is 12.4. The highest BCUT2D eigenvalue weighted by Crippen LogP contribution is 2.26. The highest BCUT2D eigenvalue weighted by atomic mass is 79.9. The fourth-order valence-electron chi connectivity index (χ4n) is 2.60. The van der Waals surface area contributed by atoms with Crippen LogP contribution in [0.1, 0.15) is 37.7 Å². The predicted molar refractivity (Wildman–Crippen MR) is 82.0 cm³/mol. The molecule has 0 aromatic heterocycles. The number of rotatable bonds is 2. The highest BCUT2D eigenvalue weighted by molar-refractivity contribution is 9.10. The van der Waals surface area contributed by atoms with Gasteiger partial charge in [-0.15, -0.1) is 0 Å². The molecule has 1 aliphatic rings. The van der Waals surface area contributed by atoms with Gasteiger partial charge in [-0.1, -0.05) is 35.2 Å². The van der Waals surface area contributed by atoms with E-state index in [9.17, 15) is 4.79 Å². The Morgan fingerprint density at radius 2 is 2.10 bits per heavy atom. The Morgan fingerprint density at radius 1 is 1.35 bits per heavy atom. The second-order valence-corrected chi connectivity index (χ2v) is 6.11. The molecule has 1 aromatic rings. The van der Waals surface area contributed by atoms with Crippen molar-refractivity contribution < 1.29 is 4.79 Å². The number of nitrogens with two attached hydrogens (primary N) is 1. The number of benzene rings is 1. The summed E-state index contributed by atoms with van der Waals surface area (Å²) < 4.78 is 0.831. The Hall–Kier alpha value is -1.38. The van der Waals surface area contributed by atoms with Crippen LogP contribution in [0.15, 0.2) is 22.7 Å². The number of anilines is 1. The third-order valence-electron chi connectivity index (χ3n) is 3.77. The van der Waals surface area contributed by atoms with Gasteiger partial charge in [0.15, 0.2) is 0 Å². The summed E-state index contributed by atoms with van der Waals surface area (Å²) >= 11 is 3.35. The zero-order valence-corrected chi connectivity index (χ0v) is 12.8. The molecule has 0 heterocycles. The van der Waals surface area contributed by atoms with Gasteiger partial charge in [-0.05, 0) is 31.0 Å². The number of carbonyl (C=O) groups excluding carboxylic acids is 1. The van der Waals surface area contributed by atoms with Crippen LogP contribution in [0.3, 0.4) is 0 Å². The number of hydrogen-bond donors (Lipinski definition) is 2. The van der Waals surface area contributed by atoms with Crippen LogP contribution in [-0.2, 0) is 4.79 Å². The smallest absolute Gasteiger partial charge is 0.229 e. The van der Waals surface area contributed by atoms with Crippen LogP contribution in [0.25, 0.3) is 0 Å². The lowest BCUT2D eigenvalue weighted by Gasteiger charge is -2.20. The number of nitrogens with zero attached hydrogens (tertiary/aromatic N) is 1. The molecule has 4 nitrogen and oxygen atoms in total. The second kappa shape index (κ2) is 6.87. The molecule has 0 spiro atoms. The van der Waals surface area contributed by atoms with Gasteiger partial charge in [0.05, 0.1) is 17.2 Å². The van der Waals surface area contributed by atoms with Crippen LogP contribution in [-0.4, -0.2) is 11.9 Å². The van der Waals surface area contributed by atoms with E-state index in [1.165, 1.54) is 0 Å². The van der Waals surface area contributed by atoms with Crippen molar-refractivity contribution in [3.05, 3.63) is 28.2 Å². The van der Waals surface area contributed by atoms with E-state index in [2.05, 4.69) is 27.3 Å². The number of hydrogen-bond acceptors (Lipinski definition) is 3. The molecule has 1 aliphatic carbocycles. The molecular formula is C15H18BrN3O. The van der Waals surface area contributed by atoms with Gasteiger partial charge < -0.3 is 11.1 Å². The second-order valence-electron chi connectivity index (χ2n) is 5.20. The first-order chi connectivity index (χ1) is 9.61. The normalized spacial score (nSPS) is 22.6. The summed E-state index contributed by atoms with van der Waals surface area (Å²) in [5, 5.41) is 11.9. The van der Waals surface area contributed by atoms with Crippen molar-refractivity contribution in [3.8, 4) is 6.07 Å². The fourth-order valence-corrected chi connectivity index (χ4v) is 2.97. The summed E-state index contributed by atoms with van der Waals surface area (Å²) in [6.07, 6.45) is 4.98. The molecule has 2 unspecified atom stereocenters. The average molecular weight is 336 g/mol. The lowest BCUT2D eigenvalue weighted by molar-refractivity contribution is -0.120. The van der Waals surface area contributed by atoms with Gasteiger partial charge in [0.25, 0.3) is 0 Å². The highest BCUT2D eigenvalue weighted by Gasteiger charge is 2.27. The topological polar surface area (TPSA) is 78.9 Å². The Labute approximate surface area is 127 Å². The van der Waals surface area contributed by atoms with E-state index in [0.717, 1.165) is 36.6 Å². The molecule has 0 saturated heterocycles. The number of nitriles is 1. The molecule has 2 atom stereocenters. The molecule has 2 rings (SSSR count). The standard InChI is InChI=1S/C15H18BrN3O/c16-11-7-6-10(9-17)14(8-11)19-15(20)12-4-2-1-3-5-13(12)18/h6-8,12-13H,1-5,18H2,(H,19,20). The molecule has 5 heteroatoms. The lowest BCUT2D eigenvalue weighted by atomic mass is 9.94. The van der Waals surface area contributed by atoms with Gasteiger partial charge in [-0.3, -0.25) is 4.79 Å². The Morgan fingerprint density at radius 3 is 2.85 bits per heavy atom. The van der Waals surface area contributed by atoms with Crippen molar-refractivity contribution in [3.63, 3.8) is 0 Å². The largest absolute Gasteiger partial charge is 0.327 e. The zero-order chi connectivity index (χ0) is 14.5. The van der Waals surface area contributed by atoms with Crippen molar-refractivity contribution in [1.82, 2.24) is 0 Å². The van der Waals surface area contributed by atoms with E-state index >= 15 is 0 Å². The molecule has 0 radical (unpaired) electrons. The van der Waals surface area contributed by atoms with Crippen molar-refractivity contribution in [2.75, 3.05) is 5.32 Å². The zero-order valence-electron chi connectivity index (χ0n) is 11.2. The maximum absolute atomic E-state index is 12.4. The molecular weight excluding hydrogens is 318 g/mol. The molecule has 3 N–H and O–H groups in total. The van der Waals surface area contributed by atoms with Crippen molar-refractivity contribution >= 4 is 27.5 Å². The summed E-state index contributed by atoms with van der Waals surface area (Å²) in [6.45, 7) is 0. The van der Waals surface area contributed by atoms with E-state index in [1.54, 1.807) is 18.2 Å². The maximum Gasteiger partial charge on any atom is 0.229 e. The van der Waals surface area contributed by atoms with Crippen LogP contribution >= 0.6 is 15.9 Å². The van der Waals surface area contributed by atoms with Crippen LogP contribution in [0.5, 0.6) is 0 Å². The van der Waals surface area contributed by atoms with Crippen LogP contribution < -0.4 is 11.1 Å². The fraction of sp³-hybridized carbons (Fsp3) is 0.467. The minimum Gasteiger partial charge on any atom is -0.327 e. The monoisotopic (exact) mass is 335 g/mol. The first-order valence-electron chi connectivity index (χ1n) is 6.88. The Balaban J connectivity index is 2.15. The minimum atomic E-state index is -0.164. The van der Waals surface area contributed by atoms with Gasteiger partial charge in [-0.25, -0.2) is 0 Å². The van der Waals surface area contributed by atoms with Gasteiger partial charge in [-0.2, -0.15) is 5.26 Å². The SMILES string of the molecule is N#Cc1ccc(Br)cc1NC(=O)C1CCCCCC1N. The lowest BCUT2D eigenvalue weighted by Crippen LogP contribution is -2.37. The summed E-state index contributed by atoms with van der Waals surface area (Å²) in [4.78, 5) is 12.4. The quantitative estimate of drug-likeness (QED) is 0.814. The van der Waals surface area contributed by atoms with Crippen molar-refractivity contribution in [2.24, 2.45) is 11.7 Å². The summed E-state index contributed by atoms with van der Waals surface area (Å²) in [5.74, 6) is -0.239. The molecule has 1 aromatic carbocycles. The van der Waals surface area contributed by atoms with E-state index < -0.39 is 0 Å². The third-order valence-corrected chi connectivity index (χ3v) is 4.26. The van der Waals surface area contributed by atoms with E-state index in [0.29, 0.717) is 11.3 Å². The molecule has 1 saturated carbocycles. The van der Waals surface area contributed by atoms with E-state index in [4.69, 9.17) is 11.0 Å². The molecule has 106 valence electrons. The number of carbonyl (C=O) groups is 1. The number of amides is 1. The first kappa shape index (κ1) is 15.0. The third kappa shape index (κ3) is 3.59. The van der Waals surface area contributed by atoms with Gasteiger partial charge >= 0.3 is 0 Å². The molecule has 1 amide bonds. The van der Waals surface area contributed by atoms with Gasteiger partial charge in [0.1, 0.15) is 6.07 Å². The summed E-state index contributed by atoms with van der Waals surface area (Å²) in [5.41, 5.74) is 7.11. The molecule has 1 fully saturated rings. The van der Waals surface area contributed by atoms with Crippen LogP contribution in [0, 0.1) is 17.2 Å². The van der Waals surface area contributed by atoms with Gasteiger partial charge in [0, 0.05) is 10.5 Å². The van der Waals surface area contributed by atoms with E-state index in [-0.39, 0.29) is 17.9 Å². The predicted octanol–water partition coefficient (Wildman–Crippen LogP) is 3.17. The van der Waals surface area contributed by atoms with Crippen molar-refractivity contribution in [1.29, 1.82) is 5.26 Å². The van der Waals surface area contributed by atoms with Crippen LogP contribution in [0.2, 0.25) is 0 Å². The Bertz CT molecular complexity index is 538.